The number of alkyl halides is 1. The van der Waals surface area contributed by atoms with Crippen molar-refractivity contribution in [3.05, 3.63) is 42.1 Å². The van der Waals surface area contributed by atoms with Gasteiger partial charge in [0.15, 0.2) is 0 Å². The largest absolute Gasteiger partial charge is 0.256 e. The fourth-order valence-corrected chi connectivity index (χ4v) is 1.92. The van der Waals surface area contributed by atoms with Crippen molar-refractivity contribution in [2.24, 2.45) is 5.92 Å². The van der Waals surface area contributed by atoms with Gasteiger partial charge in [0.25, 0.3) is 0 Å². The maximum atomic E-state index is 4.36. The fourth-order valence-electron chi connectivity index (χ4n) is 1.70. The maximum Gasteiger partial charge on any atom is 0.0704 e. The molecule has 0 spiro atoms. The Morgan fingerprint density at radius 1 is 1.33 bits per heavy atom. The van der Waals surface area contributed by atoms with Crippen LogP contribution >= 0.6 is 15.9 Å². The highest BCUT2D eigenvalue weighted by molar-refractivity contribution is 9.09. The summed E-state index contributed by atoms with van der Waals surface area (Å²) in [5.74, 6) is 0.672. The Bertz CT molecular complexity index is 453. The summed E-state index contributed by atoms with van der Waals surface area (Å²) in [5, 5.41) is 2.26. The van der Waals surface area contributed by atoms with Crippen LogP contribution in [-0.4, -0.2) is 10.3 Å². The van der Waals surface area contributed by atoms with Gasteiger partial charge < -0.3 is 0 Å². The predicted molar refractivity (Wildman–Crippen MR) is 68.4 cm³/mol. The van der Waals surface area contributed by atoms with Crippen LogP contribution in [0.1, 0.15) is 12.5 Å². The Kier molecular flexibility index (Phi) is 3.37. The van der Waals surface area contributed by atoms with Crippen LogP contribution in [0.15, 0.2) is 36.5 Å². The predicted octanol–water partition coefficient (Wildman–Crippen LogP) is 3.81. The molecule has 0 aliphatic carbocycles. The molecule has 0 saturated heterocycles. The molecule has 2 aromatic rings. The average Bonchev–Trinajstić information content (AvgIpc) is 2.29. The normalized spacial score (nSPS) is 12.9. The van der Waals surface area contributed by atoms with Crippen molar-refractivity contribution in [2.75, 3.05) is 5.33 Å². The monoisotopic (exact) mass is 263 g/mol. The summed E-state index contributed by atoms with van der Waals surface area (Å²) in [6.45, 7) is 2.25. The van der Waals surface area contributed by atoms with Crippen molar-refractivity contribution in [1.82, 2.24) is 4.98 Å². The number of halogens is 1. The van der Waals surface area contributed by atoms with E-state index in [2.05, 4.69) is 52.1 Å². The van der Waals surface area contributed by atoms with Crippen molar-refractivity contribution in [1.29, 1.82) is 0 Å². The average molecular weight is 264 g/mol. The van der Waals surface area contributed by atoms with Crippen LogP contribution in [0.4, 0.5) is 0 Å². The molecule has 1 unspecified atom stereocenters. The lowest BCUT2D eigenvalue weighted by molar-refractivity contribution is 0.664. The summed E-state index contributed by atoms with van der Waals surface area (Å²) in [6.07, 6.45) is 2.96. The molecule has 1 atom stereocenters. The molecule has 0 bridgehead atoms. The molecule has 1 heterocycles. The van der Waals surface area contributed by atoms with E-state index in [0.717, 1.165) is 17.3 Å². The summed E-state index contributed by atoms with van der Waals surface area (Å²) in [7, 11) is 0. The highest BCUT2D eigenvalue weighted by atomic mass is 79.9. The molecule has 2 heteroatoms. The number of aromatic nitrogens is 1. The first-order valence-electron chi connectivity index (χ1n) is 5.19. The Morgan fingerprint density at radius 2 is 2.20 bits per heavy atom. The standard InChI is InChI=1S/C13H14BrN/c1-10(9-14)7-11-4-5-12-3-2-6-15-13(12)8-11/h2-6,8,10H,7,9H2,1H3. The second-order valence-corrected chi connectivity index (χ2v) is 4.64. The summed E-state index contributed by atoms with van der Waals surface area (Å²) >= 11 is 3.51. The van der Waals surface area contributed by atoms with E-state index in [4.69, 9.17) is 0 Å². The van der Waals surface area contributed by atoms with E-state index in [1.54, 1.807) is 0 Å². The van der Waals surface area contributed by atoms with E-state index < -0.39 is 0 Å². The van der Waals surface area contributed by atoms with Crippen LogP contribution in [0.25, 0.3) is 10.9 Å². The Labute approximate surface area is 98.7 Å². The second-order valence-electron chi connectivity index (χ2n) is 3.99. The molecule has 0 amide bonds. The molecule has 0 fully saturated rings. The molecule has 2 rings (SSSR count). The third kappa shape index (κ3) is 2.57. The van der Waals surface area contributed by atoms with E-state index in [1.807, 2.05) is 12.3 Å². The van der Waals surface area contributed by atoms with Crippen molar-refractivity contribution >= 4 is 26.8 Å². The quantitative estimate of drug-likeness (QED) is 0.768. The Hall–Kier alpha value is -0.890. The van der Waals surface area contributed by atoms with Crippen LogP contribution in [0.2, 0.25) is 0 Å². The highest BCUT2D eigenvalue weighted by Gasteiger charge is 2.02. The summed E-state index contributed by atoms with van der Waals surface area (Å²) in [5.41, 5.74) is 2.46. The molecular weight excluding hydrogens is 250 g/mol. The van der Waals surface area contributed by atoms with Crippen LogP contribution in [0.3, 0.4) is 0 Å². The summed E-state index contributed by atoms with van der Waals surface area (Å²) in [6, 6.07) is 10.6. The second kappa shape index (κ2) is 4.75. The lowest BCUT2D eigenvalue weighted by Gasteiger charge is -2.07. The SMILES string of the molecule is CC(CBr)Cc1ccc2cccnc2c1. The number of rotatable bonds is 3. The minimum absolute atomic E-state index is 0.672. The van der Waals surface area contributed by atoms with Crippen LogP contribution < -0.4 is 0 Å². The number of fused-ring (bicyclic) bond motifs is 1. The lowest BCUT2D eigenvalue weighted by atomic mass is 10.0. The van der Waals surface area contributed by atoms with Gasteiger partial charge >= 0.3 is 0 Å². The first-order chi connectivity index (χ1) is 7.29. The number of benzene rings is 1. The smallest absolute Gasteiger partial charge is 0.0704 e. The fraction of sp³-hybridized carbons (Fsp3) is 0.308. The molecule has 15 heavy (non-hydrogen) atoms. The van der Waals surface area contributed by atoms with Gasteiger partial charge in [-0.25, -0.2) is 0 Å². The Morgan fingerprint density at radius 3 is 3.00 bits per heavy atom. The van der Waals surface area contributed by atoms with Crippen LogP contribution in [-0.2, 0) is 6.42 Å². The minimum Gasteiger partial charge on any atom is -0.256 e. The Balaban J connectivity index is 2.30. The summed E-state index contributed by atoms with van der Waals surface area (Å²) in [4.78, 5) is 4.36. The van der Waals surface area contributed by atoms with Gasteiger partial charge in [-0.05, 0) is 30.0 Å². The van der Waals surface area contributed by atoms with Crippen LogP contribution in [0, 0.1) is 5.92 Å². The number of nitrogens with zero attached hydrogens (tertiary/aromatic N) is 1. The topological polar surface area (TPSA) is 12.9 Å². The number of hydrogen-bond donors (Lipinski definition) is 0. The van der Waals surface area contributed by atoms with E-state index in [1.165, 1.54) is 10.9 Å². The molecule has 0 radical (unpaired) electrons. The molecule has 0 saturated carbocycles. The first kappa shape index (κ1) is 10.6. The van der Waals surface area contributed by atoms with Gasteiger partial charge in [0, 0.05) is 16.9 Å². The van der Waals surface area contributed by atoms with Gasteiger partial charge in [-0.3, -0.25) is 4.98 Å². The maximum absolute atomic E-state index is 4.36. The van der Waals surface area contributed by atoms with Gasteiger partial charge in [-0.1, -0.05) is 41.1 Å². The zero-order valence-corrected chi connectivity index (χ0v) is 10.4. The third-order valence-corrected chi connectivity index (χ3v) is 3.62. The molecule has 0 aliphatic heterocycles. The van der Waals surface area contributed by atoms with E-state index in [9.17, 15) is 0 Å². The van der Waals surface area contributed by atoms with Gasteiger partial charge in [-0.2, -0.15) is 0 Å². The lowest BCUT2D eigenvalue weighted by Crippen LogP contribution is -2.00. The zero-order valence-electron chi connectivity index (χ0n) is 8.78. The number of hydrogen-bond acceptors (Lipinski definition) is 1. The van der Waals surface area contributed by atoms with Crippen LogP contribution in [0.5, 0.6) is 0 Å². The van der Waals surface area contributed by atoms with Gasteiger partial charge in [0.1, 0.15) is 0 Å². The van der Waals surface area contributed by atoms with Crippen molar-refractivity contribution in [2.45, 2.75) is 13.3 Å². The van der Waals surface area contributed by atoms with Gasteiger partial charge in [0.05, 0.1) is 5.52 Å². The zero-order chi connectivity index (χ0) is 10.7. The molecule has 1 aromatic heterocycles. The third-order valence-electron chi connectivity index (χ3n) is 2.52. The first-order valence-corrected chi connectivity index (χ1v) is 6.31. The van der Waals surface area contributed by atoms with Gasteiger partial charge in [-0.15, -0.1) is 0 Å². The van der Waals surface area contributed by atoms with Gasteiger partial charge in [0.2, 0.25) is 0 Å². The molecule has 1 aromatic carbocycles. The van der Waals surface area contributed by atoms with Crippen molar-refractivity contribution in [3.63, 3.8) is 0 Å². The minimum atomic E-state index is 0.672. The van der Waals surface area contributed by atoms with E-state index >= 15 is 0 Å². The van der Waals surface area contributed by atoms with E-state index in [-0.39, 0.29) is 0 Å². The molecular formula is C13H14BrN. The molecule has 0 N–H and O–H groups in total. The number of pyridine rings is 1. The highest BCUT2D eigenvalue weighted by Crippen LogP contribution is 2.16. The molecule has 1 nitrogen and oxygen atoms in total. The summed E-state index contributed by atoms with van der Waals surface area (Å²) < 4.78 is 0. The van der Waals surface area contributed by atoms with Crippen molar-refractivity contribution in [3.8, 4) is 0 Å². The molecule has 0 aliphatic rings. The van der Waals surface area contributed by atoms with Crippen molar-refractivity contribution < 1.29 is 0 Å². The molecule has 78 valence electrons. The van der Waals surface area contributed by atoms with E-state index in [0.29, 0.717) is 5.92 Å².